The van der Waals surface area contributed by atoms with E-state index in [1.54, 1.807) is 44.2 Å². The Morgan fingerprint density at radius 1 is 1.20 bits per heavy atom. The predicted molar refractivity (Wildman–Crippen MR) is 92.6 cm³/mol. The van der Waals surface area contributed by atoms with Crippen molar-refractivity contribution in [3.8, 4) is 0 Å². The summed E-state index contributed by atoms with van der Waals surface area (Å²) in [6.45, 7) is 3.06. The van der Waals surface area contributed by atoms with E-state index in [1.165, 1.54) is 0 Å². The molecule has 1 amide bonds. The zero-order valence-corrected chi connectivity index (χ0v) is 15.1. The Morgan fingerprint density at radius 2 is 1.84 bits per heavy atom. The van der Waals surface area contributed by atoms with Crippen molar-refractivity contribution in [1.82, 2.24) is 10.0 Å². The lowest BCUT2D eigenvalue weighted by Gasteiger charge is -2.15. The summed E-state index contributed by atoms with van der Waals surface area (Å²) in [5.74, 6) is -2.17. The first-order chi connectivity index (χ1) is 11.7. The van der Waals surface area contributed by atoms with Crippen molar-refractivity contribution in [2.45, 2.75) is 32.4 Å². The van der Waals surface area contributed by atoms with Gasteiger partial charge in [0.1, 0.15) is 6.04 Å². The molecule has 0 unspecified atom stereocenters. The van der Waals surface area contributed by atoms with E-state index in [-0.39, 0.29) is 24.9 Å². The smallest absolute Gasteiger partial charge is 0.326 e. The zero-order valence-electron chi connectivity index (χ0n) is 14.3. The molecule has 0 fully saturated rings. The Hall–Kier alpha value is -1.97. The van der Waals surface area contributed by atoms with Gasteiger partial charge < -0.3 is 15.2 Å². The van der Waals surface area contributed by atoms with Gasteiger partial charge in [0, 0.05) is 6.42 Å². The molecule has 0 aliphatic carbocycles. The third-order valence-electron chi connectivity index (χ3n) is 3.17. The molecular weight excluding hydrogens is 348 g/mol. The van der Waals surface area contributed by atoms with Crippen LogP contribution in [0.2, 0.25) is 0 Å². The molecule has 3 N–H and O–H groups in total. The molecule has 0 heterocycles. The number of rotatable bonds is 11. The van der Waals surface area contributed by atoms with Gasteiger partial charge in [-0.05, 0) is 19.4 Å². The lowest BCUT2D eigenvalue weighted by Crippen LogP contribution is -2.47. The number of carbonyl (C=O) groups excluding carboxylic acids is 1. The predicted octanol–water partition coefficient (Wildman–Crippen LogP) is 0.143. The van der Waals surface area contributed by atoms with Gasteiger partial charge in [-0.25, -0.2) is 17.9 Å². The first-order valence-electron chi connectivity index (χ1n) is 7.84. The number of carboxylic acids is 1. The van der Waals surface area contributed by atoms with Crippen molar-refractivity contribution < 1.29 is 27.9 Å². The van der Waals surface area contributed by atoms with E-state index in [0.717, 1.165) is 5.56 Å². The monoisotopic (exact) mass is 372 g/mol. The molecule has 1 atom stereocenters. The van der Waals surface area contributed by atoms with Crippen molar-refractivity contribution in [3.63, 3.8) is 0 Å². The van der Waals surface area contributed by atoms with Crippen LogP contribution in [0.3, 0.4) is 0 Å². The summed E-state index contributed by atoms with van der Waals surface area (Å²) in [4.78, 5) is 23.1. The second-order valence-corrected chi connectivity index (χ2v) is 7.63. The van der Waals surface area contributed by atoms with E-state index in [1.807, 2.05) is 0 Å². The van der Waals surface area contributed by atoms with E-state index in [0.29, 0.717) is 0 Å². The lowest BCUT2D eigenvalue weighted by molar-refractivity contribution is -0.141. The van der Waals surface area contributed by atoms with Crippen molar-refractivity contribution in [2.75, 3.05) is 18.9 Å². The van der Waals surface area contributed by atoms with Gasteiger partial charge in [0.2, 0.25) is 15.9 Å². The number of hydrogen-bond acceptors (Lipinski definition) is 5. The Labute approximate surface area is 147 Å². The van der Waals surface area contributed by atoms with Crippen LogP contribution in [0.25, 0.3) is 0 Å². The molecule has 0 spiro atoms. The van der Waals surface area contributed by atoms with Gasteiger partial charge >= 0.3 is 5.97 Å². The number of carboxylic acid groups (broad SMARTS) is 1. The summed E-state index contributed by atoms with van der Waals surface area (Å²) >= 11 is 0. The van der Waals surface area contributed by atoms with Crippen LogP contribution in [0.1, 0.15) is 19.4 Å². The summed E-state index contributed by atoms with van der Waals surface area (Å²) in [6, 6.07) is 7.70. The third-order valence-corrected chi connectivity index (χ3v) is 4.46. The molecule has 1 aromatic carbocycles. The van der Waals surface area contributed by atoms with Crippen molar-refractivity contribution >= 4 is 21.9 Å². The summed E-state index contributed by atoms with van der Waals surface area (Å²) in [6.07, 6.45) is 0.0180. The van der Waals surface area contributed by atoms with Crippen LogP contribution in [0, 0.1) is 0 Å². The summed E-state index contributed by atoms with van der Waals surface area (Å²) < 4.78 is 30.8. The molecule has 8 nitrogen and oxygen atoms in total. The number of hydrogen-bond donors (Lipinski definition) is 3. The summed E-state index contributed by atoms with van der Waals surface area (Å²) in [7, 11) is -3.67. The molecule has 1 rings (SSSR count). The number of sulfonamides is 1. The molecule has 0 saturated carbocycles. The number of benzene rings is 1. The number of ether oxygens (including phenoxy) is 1. The summed E-state index contributed by atoms with van der Waals surface area (Å²) in [5.41, 5.74) is 0.751. The minimum atomic E-state index is -3.67. The molecular formula is C16H24N2O6S. The SMILES string of the molecule is CC(C)OCCS(=O)(=O)NCC(=O)N[C@H](Cc1ccccc1)C(=O)O. The fourth-order valence-corrected chi connectivity index (χ4v) is 2.75. The fourth-order valence-electron chi connectivity index (χ4n) is 1.94. The molecule has 140 valence electrons. The van der Waals surface area contributed by atoms with Gasteiger partial charge in [0.15, 0.2) is 0 Å². The maximum absolute atomic E-state index is 11.8. The molecule has 0 aromatic heterocycles. The average Bonchev–Trinajstić information content (AvgIpc) is 2.53. The highest BCUT2D eigenvalue weighted by atomic mass is 32.2. The minimum Gasteiger partial charge on any atom is -0.480 e. The lowest BCUT2D eigenvalue weighted by atomic mass is 10.1. The Bertz CT molecular complexity index is 660. The Morgan fingerprint density at radius 3 is 2.40 bits per heavy atom. The van der Waals surface area contributed by atoms with Gasteiger partial charge in [0.25, 0.3) is 0 Å². The molecule has 1 aromatic rings. The van der Waals surface area contributed by atoms with E-state index in [9.17, 15) is 23.1 Å². The number of nitrogens with one attached hydrogen (secondary N) is 2. The molecule has 0 radical (unpaired) electrons. The van der Waals surface area contributed by atoms with Crippen molar-refractivity contribution in [1.29, 1.82) is 0 Å². The second-order valence-electron chi connectivity index (χ2n) is 5.71. The second kappa shape index (κ2) is 10.1. The van der Waals surface area contributed by atoms with Crippen LogP contribution in [0.4, 0.5) is 0 Å². The first kappa shape index (κ1) is 21.1. The minimum absolute atomic E-state index is 0.0143. The quantitative estimate of drug-likeness (QED) is 0.508. The highest BCUT2D eigenvalue weighted by Gasteiger charge is 2.21. The van der Waals surface area contributed by atoms with Gasteiger partial charge in [-0.15, -0.1) is 0 Å². The van der Waals surface area contributed by atoms with Crippen LogP contribution in [0.5, 0.6) is 0 Å². The number of amides is 1. The van der Waals surface area contributed by atoms with E-state index in [4.69, 9.17) is 4.74 Å². The van der Waals surface area contributed by atoms with Crippen LogP contribution in [0.15, 0.2) is 30.3 Å². The molecule has 25 heavy (non-hydrogen) atoms. The third kappa shape index (κ3) is 9.18. The average molecular weight is 372 g/mol. The van der Waals surface area contributed by atoms with E-state index < -0.39 is 34.5 Å². The summed E-state index contributed by atoms with van der Waals surface area (Å²) in [5, 5.41) is 11.5. The van der Waals surface area contributed by atoms with Crippen LogP contribution in [-0.2, 0) is 30.8 Å². The van der Waals surface area contributed by atoms with E-state index in [2.05, 4.69) is 10.0 Å². The fraction of sp³-hybridized carbons (Fsp3) is 0.500. The van der Waals surface area contributed by atoms with Crippen molar-refractivity contribution in [2.24, 2.45) is 0 Å². The molecule has 0 aliphatic rings. The highest BCUT2D eigenvalue weighted by Crippen LogP contribution is 2.03. The molecule has 0 bridgehead atoms. The zero-order chi connectivity index (χ0) is 18.9. The van der Waals surface area contributed by atoms with Gasteiger partial charge in [-0.2, -0.15) is 0 Å². The molecule has 0 aliphatic heterocycles. The Balaban J connectivity index is 2.48. The van der Waals surface area contributed by atoms with Gasteiger partial charge in [0.05, 0.1) is 25.0 Å². The van der Waals surface area contributed by atoms with Crippen LogP contribution < -0.4 is 10.0 Å². The molecule has 9 heteroatoms. The largest absolute Gasteiger partial charge is 0.480 e. The maximum Gasteiger partial charge on any atom is 0.326 e. The normalized spacial score (nSPS) is 12.8. The van der Waals surface area contributed by atoms with Crippen molar-refractivity contribution in [3.05, 3.63) is 35.9 Å². The van der Waals surface area contributed by atoms with Crippen LogP contribution in [-0.4, -0.2) is 56.5 Å². The Kier molecular flexibility index (Phi) is 8.53. The topological polar surface area (TPSA) is 122 Å². The highest BCUT2D eigenvalue weighted by molar-refractivity contribution is 7.89. The van der Waals surface area contributed by atoms with Gasteiger partial charge in [-0.1, -0.05) is 30.3 Å². The maximum atomic E-state index is 11.8. The van der Waals surface area contributed by atoms with Crippen LogP contribution >= 0.6 is 0 Å². The number of aliphatic carboxylic acids is 1. The van der Waals surface area contributed by atoms with E-state index >= 15 is 0 Å². The van der Waals surface area contributed by atoms with Gasteiger partial charge in [-0.3, -0.25) is 4.79 Å². The molecule has 0 saturated heterocycles. The first-order valence-corrected chi connectivity index (χ1v) is 9.50. The number of carbonyl (C=O) groups is 2. The standard InChI is InChI=1S/C16H24N2O6S/c1-12(2)24-8-9-25(22,23)17-11-15(19)18-14(16(20)21)10-13-6-4-3-5-7-13/h3-7,12,14,17H,8-11H2,1-2H3,(H,18,19)(H,20,21)/t14-/m1/s1.